The molecule has 0 fully saturated rings. The number of pyridine rings is 1. The Balaban J connectivity index is 2.50. The highest BCUT2D eigenvalue weighted by Gasteiger charge is 2.05. The summed E-state index contributed by atoms with van der Waals surface area (Å²) in [6.45, 7) is 4.20. The minimum atomic E-state index is -0.0178. The van der Waals surface area contributed by atoms with E-state index in [-0.39, 0.29) is 5.56 Å². The van der Waals surface area contributed by atoms with Crippen molar-refractivity contribution < 1.29 is 0 Å². The molecule has 0 bridgehead atoms. The first-order valence-corrected chi connectivity index (χ1v) is 5.85. The van der Waals surface area contributed by atoms with Crippen LogP contribution in [0.4, 0.5) is 0 Å². The van der Waals surface area contributed by atoms with E-state index in [1.165, 1.54) is 4.52 Å². The van der Waals surface area contributed by atoms with Crippen LogP contribution in [0.25, 0.3) is 5.65 Å². The van der Waals surface area contributed by atoms with Crippen LogP contribution < -0.4 is 5.56 Å². The van der Waals surface area contributed by atoms with Crippen molar-refractivity contribution >= 4 is 5.65 Å². The highest BCUT2D eigenvalue weighted by Crippen LogP contribution is 2.06. The second-order valence-corrected chi connectivity index (χ2v) is 4.07. The summed E-state index contributed by atoms with van der Waals surface area (Å²) in [7, 11) is 0. The molecular weight excluding hydrogens is 202 g/mol. The van der Waals surface area contributed by atoms with Crippen LogP contribution in [0.5, 0.6) is 0 Å². The summed E-state index contributed by atoms with van der Waals surface area (Å²) in [5.74, 6) is 0.883. The molecule has 4 nitrogen and oxygen atoms in total. The van der Waals surface area contributed by atoms with Gasteiger partial charge in [-0.25, -0.2) is 9.50 Å². The first-order chi connectivity index (χ1) is 7.74. The minimum absolute atomic E-state index is 0.0178. The topological polar surface area (TPSA) is 50.2 Å². The Morgan fingerprint density at radius 2 is 2.00 bits per heavy atom. The van der Waals surface area contributed by atoms with Crippen molar-refractivity contribution in [2.75, 3.05) is 0 Å². The summed E-state index contributed by atoms with van der Waals surface area (Å²) < 4.78 is 1.52. The Kier molecular flexibility index (Phi) is 3.08. The molecule has 0 aromatic carbocycles. The van der Waals surface area contributed by atoms with Gasteiger partial charge in [0.15, 0.2) is 5.65 Å². The van der Waals surface area contributed by atoms with Crippen molar-refractivity contribution in [1.29, 1.82) is 0 Å². The predicted octanol–water partition coefficient (Wildman–Crippen LogP) is 1.93. The van der Waals surface area contributed by atoms with E-state index in [1.54, 1.807) is 6.07 Å². The first kappa shape index (κ1) is 10.9. The molecule has 0 atom stereocenters. The van der Waals surface area contributed by atoms with E-state index < -0.39 is 0 Å². The summed E-state index contributed by atoms with van der Waals surface area (Å²) >= 11 is 0. The Labute approximate surface area is 94.3 Å². The number of nitrogens with zero attached hydrogens (tertiary/aromatic N) is 2. The molecule has 2 aromatic rings. The molecule has 2 rings (SSSR count). The number of hydrogen-bond acceptors (Lipinski definition) is 2. The number of aryl methyl sites for hydroxylation is 2. The first-order valence-electron chi connectivity index (χ1n) is 5.85. The largest absolute Gasteiger partial charge is 0.276 e. The number of nitrogens with one attached hydrogen (secondary N) is 1. The zero-order chi connectivity index (χ0) is 11.5. The van der Waals surface area contributed by atoms with Gasteiger partial charge in [0.2, 0.25) is 0 Å². The van der Waals surface area contributed by atoms with E-state index in [0.717, 1.165) is 42.7 Å². The Bertz CT molecular complexity index is 539. The molecule has 0 aliphatic rings. The third kappa shape index (κ3) is 2.01. The Morgan fingerprint density at radius 1 is 1.25 bits per heavy atom. The quantitative estimate of drug-likeness (QED) is 0.854. The highest BCUT2D eigenvalue weighted by molar-refractivity contribution is 5.40. The number of hydrogen-bond donors (Lipinski definition) is 1. The Hall–Kier alpha value is -1.58. The van der Waals surface area contributed by atoms with Crippen LogP contribution in [-0.2, 0) is 12.8 Å². The van der Waals surface area contributed by atoms with E-state index >= 15 is 0 Å². The maximum atomic E-state index is 11.8. The zero-order valence-corrected chi connectivity index (χ0v) is 9.79. The monoisotopic (exact) mass is 219 g/mol. The molecule has 2 aromatic heterocycles. The van der Waals surface area contributed by atoms with Gasteiger partial charge in [0.1, 0.15) is 5.82 Å². The van der Waals surface area contributed by atoms with Crippen molar-refractivity contribution in [2.24, 2.45) is 0 Å². The lowest BCUT2D eigenvalue weighted by Crippen LogP contribution is -2.13. The van der Waals surface area contributed by atoms with Crippen LogP contribution in [0, 0.1) is 0 Å². The third-order valence-corrected chi connectivity index (χ3v) is 2.59. The average molecular weight is 219 g/mol. The molecule has 0 radical (unpaired) electrons. The molecule has 0 aliphatic heterocycles. The summed E-state index contributed by atoms with van der Waals surface area (Å²) in [6.07, 6.45) is 3.88. The molecule has 16 heavy (non-hydrogen) atoms. The van der Waals surface area contributed by atoms with Gasteiger partial charge in [-0.05, 0) is 24.5 Å². The lowest BCUT2D eigenvalue weighted by atomic mass is 10.1. The number of H-pyrrole nitrogens is 1. The van der Waals surface area contributed by atoms with Gasteiger partial charge >= 0.3 is 0 Å². The van der Waals surface area contributed by atoms with Crippen molar-refractivity contribution in [1.82, 2.24) is 14.6 Å². The van der Waals surface area contributed by atoms with Gasteiger partial charge in [-0.1, -0.05) is 20.3 Å². The van der Waals surface area contributed by atoms with Gasteiger partial charge in [0.25, 0.3) is 5.56 Å². The van der Waals surface area contributed by atoms with E-state index in [0.29, 0.717) is 0 Å². The fraction of sp³-hybridized carbons (Fsp3) is 0.500. The summed E-state index contributed by atoms with van der Waals surface area (Å²) in [6, 6.07) is 3.67. The van der Waals surface area contributed by atoms with Gasteiger partial charge in [-0.3, -0.25) is 9.89 Å². The lowest BCUT2D eigenvalue weighted by Gasteiger charge is -1.97. The van der Waals surface area contributed by atoms with Gasteiger partial charge in [0, 0.05) is 12.5 Å². The van der Waals surface area contributed by atoms with Crippen LogP contribution in [0.2, 0.25) is 0 Å². The summed E-state index contributed by atoms with van der Waals surface area (Å²) in [5.41, 5.74) is 1.79. The summed E-state index contributed by atoms with van der Waals surface area (Å²) in [5, 5.41) is 3.03. The van der Waals surface area contributed by atoms with Crippen LogP contribution >= 0.6 is 0 Å². The predicted molar refractivity (Wildman–Crippen MR) is 63.8 cm³/mol. The molecule has 0 spiro atoms. The van der Waals surface area contributed by atoms with Crippen molar-refractivity contribution in [3.05, 3.63) is 33.9 Å². The van der Waals surface area contributed by atoms with E-state index in [1.807, 2.05) is 6.07 Å². The number of rotatable bonds is 4. The number of aromatic nitrogens is 3. The molecule has 0 saturated carbocycles. The Morgan fingerprint density at radius 3 is 2.69 bits per heavy atom. The fourth-order valence-corrected chi connectivity index (χ4v) is 1.88. The summed E-state index contributed by atoms with van der Waals surface area (Å²) in [4.78, 5) is 16.2. The SMILES string of the molecule is CCCc1cc(=O)n2[nH]c(CCC)nc2c1. The van der Waals surface area contributed by atoms with Crippen molar-refractivity contribution in [3.8, 4) is 0 Å². The number of aromatic amines is 1. The normalized spacial score (nSPS) is 11.1. The minimum Gasteiger partial charge on any atom is -0.276 e. The average Bonchev–Trinajstić information content (AvgIpc) is 2.62. The van der Waals surface area contributed by atoms with Gasteiger partial charge < -0.3 is 0 Å². The van der Waals surface area contributed by atoms with Crippen LogP contribution in [0.15, 0.2) is 16.9 Å². The second kappa shape index (κ2) is 4.51. The molecule has 86 valence electrons. The maximum absolute atomic E-state index is 11.8. The maximum Gasteiger partial charge on any atom is 0.271 e. The smallest absolute Gasteiger partial charge is 0.271 e. The van der Waals surface area contributed by atoms with Crippen LogP contribution in [0.3, 0.4) is 0 Å². The van der Waals surface area contributed by atoms with E-state index in [4.69, 9.17) is 0 Å². The van der Waals surface area contributed by atoms with E-state index in [2.05, 4.69) is 23.9 Å². The van der Waals surface area contributed by atoms with Gasteiger partial charge in [-0.15, -0.1) is 0 Å². The highest BCUT2D eigenvalue weighted by atomic mass is 16.1. The van der Waals surface area contributed by atoms with Crippen LogP contribution in [0.1, 0.15) is 38.1 Å². The van der Waals surface area contributed by atoms with Gasteiger partial charge in [0.05, 0.1) is 0 Å². The molecule has 4 heteroatoms. The molecule has 0 saturated heterocycles. The molecule has 0 amide bonds. The number of fused-ring (bicyclic) bond motifs is 1. The second-order valence-electron chi connectivity index (χ2n) is 4.07. The third-order valence-electron chi connectivity index (χ3n) is 2.59. The zero-order valence-electron chi connectivity index (χ0n) is 9.79. The van der Waals surface area contributed by atoms with Gasteiger partial charge in [-0.2, -0.15) is 0 Å². The lowest BCUT2D eigenvalue weighted by molar-refractivity contribution is 0.806. The van der Waals surface area contributed by atoms with E-state index in [9.17, 15) is 4.79 Å². The molecule has 0 unspecified atom stereocenters. The van der Waals surface area contributed by atoms with Crippen molar-refractivity contribution in [3.63, 3.8) is 0 Å². The molecule has 2 heterocycles. The van der Waals surface area contributed by atoms with Crippen LogP contribution in [-0.4, -0.2) is 14.6 Å². The molecular formula is C12H17N3O. The fourth-order valence-electron chi connectivity index (χ4n) is 1.88. The molecule has 0 aliphatic carbocycles. The standard InChI is InChI=1S/C12H17N3O/c1-3-5-9-7-11-13-10(6-4-2)14-15(11)12(16)8-9/h7-8H,3-6H2,1-2H3,(H,13,14). The molecule has 1 N–H and O–H groups in total. The van der Waals surface area contributed by atoms with Crippen molar-refractivity contribution in [2.45, 2.75) is 39.5 Å².